The Balaban J connectivity index is 1.71. The van der Waals surface area contributed by atoms with E-state index in [1.54, 1.807) is 24.3 Å². The molecule has 2 aromatic rings. The standard InChI is InChI=1S/C17H15ClN4OS/c18-15-7-3-12(4-8-15)9-10-20-17(24)22-21-16(23)14-5-1-13(11-19)2-6-14/h1-8H,9-10H2,(H,21,23)(H2,20,22,24). The number of rotatable bonds is 4. The molecule has 0 saturated carbocycles. The molecular weight excluding hydrogens is 344 g/mol. The summed E-state index contributed by atoms with van der Waals surface area (Å²) in [5.74, 6) is -0.332. The molecule has 0 saturated heterocycles. The van der Waals surface area contributed by atoms with Crippen LogP contribution in [-0.2, 0) is 6.42 Å². The van der Waals surface area contributed by atoms with E-state index in [1.807, 2.05) is 30.3 Å². The first kappa shape index (κ1) is 17.7. The number of hydrogen-bond acceptors (Lipinski definition) is 3. The number of nitrogens with one attached hydrogen (secondary N) is 3. The summed E-state index contributed by atoms with van der Waals surface area (Å²) < 4.78 is 0. The third kappa shape index (κ3) is 5.54. The first-order valence-corrected chi connectivity index (χ1v) is 7.96. The van der Waals surface area contributed by atoms with Crippen molar-refractivity contribution in [2.75, 3.05) is 6.54 Å². The Morgan fingerprint density at radius 3 is 2.38 bits per heavy atom. The van der Waals surface area contributed by atoms with E-state index in [0.29, 0.717) is 27.8 Å². The van der Waals surface area contributed by atoms with Crippen LogP contribution in [0.15, 0.2) is 48.5 Å². The van der Waals surface area contributed by atoms with Gasteiger partial charge in [0.25, 0.3) is 5.91 Å². The highest BCUT2D eigenvalue weighted by molar-refractivity contribution is 7.80. The third-order valence-corrected chi connectivity index (χ3v) is 3.68. The van der Waals surface area contributed by atoms with Gasteiger partial charge in [-0.1, -0.05) is 23.7 Å². The summed E-state index contributed by atoms with van der Waals surface area (Å²) in [6, 6.07) is 15.9. The predicted molar refractivity (Wildman–Crippen MR) is 97.5 cm³/mol. The molecule has 7 heteroatoms. The van der Waals surface area contributed by atoms with E-state index in [2.05, 4.69) is 16.2 Å². The quantitative estimate of drug-likeness (QED) is 0.578. The highest BCUT2D eigenvalue weighted by Crippen LogP contribution is 2.09. The highest BCUT2D eigenvalue weighted by Gasteiger charge is 2.05. The summed E-state index contributed by atoms with van der Waals surface area (Å²) in [4.78, 5) is 11.9. The fourth-order valence-corrected chi connectivity index (χ4v) is 2.18. The maximum Gasteiger partial charge on any atom is 0.269 e. The van der Waals surface area contributed by atoms with Crippen molar-refractivity contribution in [3.05, 3.63) is 70.2 Å². The van der Waals surface area contributed by atoms with Crippen LogP contribution >= 0.6 is 23.8 Å². The monoisotopic (exact) mass is 358 g/mol. The molecule has 0 atom stereocenters. The zero-order valence-corrected chi connectivity index (χ0v) is 14.2. The third-order valence-electron chi connectivity index (χ3n) is 3.18. The largest absolute Gasteiger partial charge is 0.361 e. The van der Waals surface area contributed by atoms with Crippen molar-refractivity contribution in [1.29, 1.82) is 5.26 Å². The van der Waals surface area contributed by atoms with E-state index >= 15 is 0 Å². The van der Waals surface area contributed by atoms with Gasteiger partial charge in [-0.2, -0.15) is 5.26 Å². The number of hydrazine groups is 1. The molecule has 1 amide bonds. The summed E-state index contributed by atoms with van der Waals surface area (Å²) in [6.45, 7) is 0.625. The average molecular weight is 359 g/mol. The average Bonchev–Trinajstić information content (AvgIpc) is 2.61. The number of carbonyl (C=O) groups excluding carboxylic acids is 1. The molecule has 24 heavy (non-hydrogen) atoms. The maximum absolute atomic E-state index is 11.9. The lowest BCUT2D eigenvalue weighted by Gasteiger charge is -2.11. The predicted octanol–water partition coefficient (Wildman–Crippen LogP) is 2.56. The van der Waals surface area contributed by atoms with Crippen LogP contribution in [0.3, 0.4) is 0 Å². The van der Waals surface area contributed by atoms with Gasteiger partial charge in [0.1, 0.15) is 0 Å². The molecule has 2 aromatic carbocycles. The molecule has 2 rings (SSSR count). The Morgan fingerprint density at radius 2 is 1.75 bits per heavy atom. The Kier molecular flexibility index (Phi) is 6.55. The second-order valence-corrected chi connectivity index (χ2v) is 5.75. The molecule has 0 unspecified atom stereocenters. The molecule has 0 fully saturated rings. The van der Waals surface area contributed by atoms with E-state index < -0.39 is 0 Å². The number of hydrogen-bond donors (Lipinski definition) is 3. The van der Waals surface area contributed by atoms with Gasteiger partial charge in [0.2, 0.25) is 0 Å². The van der Waals surface area contributed by atoms with Crippen molar-refractivity contribution in [2.45, 2.75) is 6.42 Å². The molecule has 0 aliphatic rings. The zero-order valence-electron chi connectivity index (χ0n) is 12.7. The van der Waals surface area contributed by atoms with Crippen molar-refractivity contribution >= 4 is 34.8 Å². The van der Waals surface area contributed by atoms with Crippen LogP contribution in [0.25, 0.3) is 0 Å². The normalized spacial score (nSPS) is 9.67. The molecule has 5 nitrogen and oxygen atoms in total. The van der Waals surface area contributed by atoms with Gasteiger partial charge in [0.15, 0.2) is 5.11 Å². The van der Waals surface area contributed by atoms with Crippen LogP contribution in [0.2, 0.25) is 5.02 Å². The topological polar surface area (TPSA) is 77.0 Å². The van der Waals surface area contributed by atoms with E-state index in [0.717, 1.165) is 12.0 Å². The van der Waals surface area contributed by atoms with E-state index in [9.17, 15) is 4.79 Å². The van der Waals surface area contributed by atoms with Gasteiger partial charge in [-0.25, -0.2) is 0 Å². The molecular formula is C17H15ClN4OS. The molecule has 0 spiro atoms. The minimum absolute atomic E-state index is 0.325. The first-order valence-electron chi connectivity index (χ1n) is 7.17. The van der Waals surface area contributed by atoms with Crippen LogP contribution in [0.4, 0.5) is 0 Å². The molecule has 3 N–H and O–H groups in total. The van der Waals surface area contributed by atoms with Crippen molar-refractivity contribution in [1.82, 2.24) is 16.2 Å². The van der Waals surface area contributed by atoms with Gasteiger partial charge >= 0.3 is 0 Å². The molecule has 0 aromatic heterocycles. The van der Waals surface area contributed by atoms with Crippen molar-refractivity contribution < 1.29 is 4.79 Å². The molecule has 0 bridgehead atoms. The van der Waals surface area contributed by atoms with Gasteiger partial charge in [-0.05, 0) is 60.6 Å². The van der Waals surface area contributed by atoms with Crippen LogP contribution in [0.5, 0.6) is 0 Å². The molecule has 0 heterocycles. The highest BCUT2D eigenvalue weighted by atomic mass is 35.5. The number of benzene rings is 2. The Morgan fingerprint density at radius 1 is 1.08 bits per heavy atom. The number of nitrogens with zero attached hydrogens (tertiary/aromatic N) is 1. The maximum atomic E-state index is 11.9. The molecule has 0 aliphatic carbocycles. The summed E-state index contributed by atoms with van der Waals surface area (Å²) in [7, 11) is 0. The number of halogens is 1. The Hall–Kier alpha value is -2.62. The Bertz CT molecular complexity index is 754. The van der Waals surface area contributed by atoms with Crippen LogP contribution in [-0.4, -0.2) is 17.6 Å². The lowest BCUT2D eigenvalue weighted by atomic mass is 10.1. The number of carbonyl (C=O) groups is 1. The number of amides is 1. The van der Waals surface area contributed by atoms with Crippen LogP contribution in [0, 0.1) is 11.3 Å². The fraction of sp³-hybridized carbons (Fsp3) is 0.118. The van der Waals surface area contributed by atoms with E-state index in [-0.39, 0.29) is 5.91 Å². The minimum Gasteiger partial charge on any atom is -0.361 e. The fourth-order valence-electron chi connectivity index (χ4n) is 1.90. The minimum atomic E-state index is -0.332. The van der Waals surface area contributed by atoms with Gasteiger partial charge in [-0.3, -0.25) is 15.6 Å². The van der Waals surface area contributed by atoms with Gasteiger partial charge in [-0.15, -0.1) is 0 Å². The zero-order chi connectivity index (χ0) is 17.4. The van der Waals surface area contributed by atoms with Crippen molar-refractivity contribution in [3.8, 4) is 6.07 Å². The molecule has 0 aliphatic heterocycles. The number of nitriles is 1. The van der Waals surface area contributed by atoms with E-state index in [1.165, 1.54) is 0 Å². The summed E-state index contributed by atoms with van der Waals surface area (Å²) >= 11 is 10.9. The lowest BCUT2D eigenvalue weighted by molar-refractivity contribution is 0.0943. The summed E-state index contributed by atoms with van der Waals surface area (Å²) in [6.07, 6.45) is 0.780. The first-order chi connectivity index (χ1) is 11.6. The lowest BCUT2D eigenvalue weighted by Crippen LogP contribution is -2.47. The molecule has 122 valence electrons. The smallest absolute Gasteiger partial charge is 0.269 e. The van der Waals surface area contributed by atoms with Crippen molar-refractivity contribution in [3.63, 3.8) is 0 Å². The van der Waals surface area contributed by atoms with Crippen LogP contribution in [0.1, 0.15) is 21.5 Å². The summed E-state index contributed by atoms with van der Waals surface area (Å²) in [5.41, 5.74) is 7.21. The van der Waals surface area contributed by atoms with Gasteiger partial charge < -0.3 is 5.32 Å². The van der Waals surface area contributed by atoms with Gasteiger partial charge in [0.05, 0.1) is 11.6 Å². The second-order valence-electron chi connectivity index (χ2n) is 4.90. The number of thiocarbonyl (C=S) groups is 1. The van der Waals surface area contributed by atoms with E-state index in [4.69, 9.17) is 29.1 Å². The second kappa shape index (κ2) is 8.87. The molecule has 0 radical (unpaired) electrons. The van der Waals surface area contributed by atoms with Gasteiger partial charge in [0, 0.05) is 17.1 Å². The Labute approximate surface area is 150 Å². The van der Waals surface area contributed by atoms with Crippen molar-refractivity contribution in [2.24, 2.45) is 0 Å². The summed E-state index contributed by atoms with van der Waals surface area (Å²) in [5, 5.41) is 12.8. The van der Waals surface area contributed by atoms with Crippen LogP contribution < -0.4 is 16.2 Å². The SMILES string of the molecule is N#Cc1ccc(C(=O)NNC(=S)NCCc2ccc(Cl)cc2)cc1.